The monoisotopic (exact) mass is 322 g/mol. The van der Waals surface area contributed by atoms with Crippen LogP contribution in [0.3, 0.4) is 0 Å². The van der Waals surface area contributed by atoms with E-state index in [1.165, 1.54) is 24.3 Å². The SMILES string of the molecule is Nc1ccc(S(=O)(=O)Nc2c(Cl)nc3ccccn23)cc1. The summed E-state index contributed by atoms with van der Waals surface area (Å²) in [6, 6.07) is 11.2. The average molecular weight is 323 g/mol. The van der Waals surface area contributed by atoms with Crippen molar-refractivity contribution in [3.8, 4) is 0 Å². The van der Waals surface area contributed by atoms with Crippen LogP contribution in [0.1, 0.15) is 0 Å². The summed E-state index contributed by atoms with van der Waals surface area (Å²) >= 11 is 6.01. The molecule has 2 heterocycles. The van der Waals surface area contributed by atoms with E-state index in [9.17, 15) is 8.42 Å². The van der Waals surface area contributed by atoms with Crippen LogP contribution < -0.4 is 10.5 Å². The highest BCUT2D eigenvalue weighted by atomic mass is 35.5. The fraction of sp³-hybridized carbons (Fsp3) is 0. The number of aromatic nitrogens is 2. The lowest BCUT2D eigenvalue weighted by molar-refractivity contribution is 0.601. The Labute approximate surface area is 126 Å². The Hall–Kier alpha value is -2.25. The van der Waals surface area contributed by atoms with Crippen LogP contribution in [-0.4, -0.2) is 17.8 Å². The molecular formula is C13H11ClN4O2S. The van der Waals surface area contributed by atoms with Gasteiger partial charge in [-0.15, -0.1) is 0 Å². The number of halogens is 1. The molecule has 3 N–H and O–H groups in total. The molecule has 3 rings (SSSR count). The molecule has 0 fully saturated rings. The summed E-state index contributed by atoms with van der Waals surface area (Å²) < 4.78 is 28.7. The van der Waals surface area contributed by atoms with Crippen LogP contribution in [0.25, 0.3) is 5.65 Å². The molecule has 0 aliphatic rings. The molecule has 0 spiro atoms. The van der Waals surface area contributed by atoms with Gasteiger partial charge in [0.2, 0.25) is 0 Å². The number of hydrogen-bond donors (Lipinski definition) is 2. The van der Waals surface area contributed by atoms with Crippen LogP contribution in [0.2, 0.25) is 5.15 Å². The summed E-state index contributed by atoms with van der Waals surface area (Å²) in [4.78, 5) is 4.18. The fourth-order valence-corrected chi connectivity index (χ4v) is 3.23. The molecule has 21 heavy (non-hydrogen) atoms. The van der Waals surface area contributed by atoms with E-state index in [2.05, 4.69) is 9.71 Å². The number of fused-ring (bicyclic) bond motifs is 1. The molecule has 6 nitrogen and oxygen atoms in total. The van der Waals surface area contributed by atoms with Crippen molar-refractivity contribution in [2.24, 2.45) is 0 Å². The number of imidazole rings is 1. The Morgan fingerprint density at radius 2 is 1.86 bits per heavy atom. The van der Waals surface area contributed by atoms with Gasteiger partial charge in [-0.1, -0.05) is 17.7 Å². The van der Waals surface area contributed by atoms with Crippen LogP contribution in [0.4, 0.5) is 11.5 Å². The number of benzene rings is 1. The minimum Gasteiger partial charge on any atom is -0.399 e. The fourth-order valence-electron chi connectivity index (χ4n) is 1.89. The highest BCUT2D eigenvalue weighted by Gasteiger charge is 2.19. The van der Waals surface area contributed by atoms with E-state index in [-0.39, 0.29) is 15.9 Å². The van der Waals surface area contributed by atoms with E-state index < -0.39 is 10.0 Å². The van der Waals surface area contributed by atoms with Crippen LogP contribution in [0.5, 0.6) is 0 Å². The van der Waals surface area contributed by atoms with Crippen molar-refractivity contribution in [3.63, 3.8) is 0 Å². The highest BCUT2D eigenvalue weighted by molar-refractivity contribution is 7.92. The van der Waals surface area contributed by atoms with Crippen molar-refractivity contribution in [2.75, 3.05) is 10.5 Å². The summed E-state index contributed by atoms with van der Waals surface area (Å²) in [5.74, 6) is 0.198. The maximum absolute atomic E-state index is 12.4. The number of sulfonamides is 1. The third-order valence-electron chi connectivity index (χ3n) is 2.91. The quantitative estimate of drug-likeness (QED) is 0.724. The maximum atomic E-state index is 12.4. The molecule has 0 saturated carbocycles. The van der Waals surface area contributed by atoms with Gasteiger partial charge < -0.3 is 5.73 Å². The van der Waals surface area contributed by atoms with E-state index >= 15 is 0 Å². The van der Waals surface area contributed by atoms with Crippen molar-refractivity contribution >= 4 is 38.8 Å². The van der Waals surface area contributed by atoms with Crippen molar-refractivity contribution < 1.29 is 8.42 Å². The van der Waals surface area contributed by atoms with Gasteiger partial charge in [0.05, 0.1) is 4.90 Å². The van der Waals surface area contributed by atoms with Crippen molar-refractivity contribution in [2.45, 2.75) is 4.90 Å². The molecule has 108 valence electrons. The van der Waals surface area contributed by atoms with E-state index in [1.807, 2.05) is 0 Å². The number of nitrogens with one attached hydrogen (secondary N) is 1. The van der Waals surface area contributed by atoms with Gasteiger partial charge in [0, 0.05) is 11.9 Å². The van der Waals surface area contributed by atoms with E-state index in [0.29, 0.717) is 11.3 Å². The van der Waals surface area contributed by atoms with Crippen LogP contribution in [-0.2, 0) is 10.0 Å². The molecule has 2 aromatic heterocycles. The number of pyridine rings is 1. The predicted molar refractivity (Wildman–Crippen MR) is 81.9 cm³/mol. The Bertz CT molecular complexity index is 904. The van der Waals surface area contributed by atoms with Crippen molar-refractivity contribution in [3.05, 3.63) is 53.8 Å². The second-order valence-electron chi connectivity index (χ2n) is 4.35. The number of rotatable bonds is 3. The molecule has 3 aromatic rings. The van der Waals surface area contributed by atoms with Gasteiger partial charge >= 0.3 is 0 Å². The maximum Gasteiger partial charge on any atom is 0.263 e. The lowest BCUT2D eigenvalue weighted by Crippen LogP contribution is -2.14. The van der Waals surface area contributed by atoms with Crippen LogP contribution in [0.15, 0.2) is 53.6 Å². The zero-order chi connectivity index (χ0) is 15.0. The highest BCUT2D eigenvalue weighted by Crippen LogP contribution is 2.25. The van der Waals surface area contributed by atoms with Gasteiger partial charge in [0.25, 0.3) is 10.0 Å². The first-order valence-electron chi connectivity index (χ1n) is 5.98. The van der Waals surface area contributed by atoms with Crippen LogP contribution in [0, 0.1) is 0 Å². The molecule has 0 aliphatic heterocycles. The average Bonchev–Trinajstić information content (AvgIpc) is 2.75. The molecule has 8 heteroatoms. The molecule has 0 atom stereocenters. The third kappa shape index (κ3) is 2.53. The number of anilines is 2. The zero-order valence-corrected chi connectivity index (χ0v) is 12.3. The summed E-state index contributed by atoms with van der Waals surface area (Å²) in [7, 11) is -3.76. The number of nitrogens with zero attached hydrogens (tertiary/aromatic N) is 2. The molecule has 0 saturated heterocycles. The molecule has 0 radical (unpaired) electrons. The van der Waals surface area contributed by atoms with E-state index in [4.69, 9.17) is 17.3 Å². The Kier molecular flexibility index (Phi) is 3.23. The standard InChI is InChI=1S/C13H11ClN4O2S/c14-12-13(18-8-2-1-3-11(18)16-12)17-21(19,20)10-6-4-9(15)5-7-10/h1-8,17H,15H2. The van der Waals surface area contributed by atoms with Gasteiger partial charge in [-0.3, -0.25) is 9.12 Å². The largest absolute Gasteiger partial charge is 0.399 e. The second kappa shape index (κ2) is 4.94. The van der Waals surface area contributed by atoms with Gasteiger partial charge in [0.1, 0.15) is 5.65 Å². The molecular weight excluding hydrogens is 312 g/mol. The third-order valence-corrected chi connectivity index (χ3v) is 4.53. The van der Waals surface area contributed by atoms with E-state index in [0.717, 1.165) is 0 Å². The first-order chi connectivity index (χ1) is 9.97. The molecule has 0 amide bonds. The number of hydrogen-bond acceptors (Lipinski definition) is 4. The van der Waals surface area contributed by atoms with Crippen molar-refractivity contribution in [1.82, 2.24) is 9.38 Å². The molecule has 0 unspecified atom stereocenters. The van der Waals surface area contributed by atoms with Crippen molar-refractivity contribution in [1.29, 1.82) is 0 Å². The lowest BCUT2D eigenvalue weighted by Gasteiger charge is -2.08. The first kappa shape index (κ1) is 13.7. The minimum atomic E-state index is -3.76. The summed E-state index contributed by atoms with van der Waals surface area (Å²) in [6.07, 6.45) is 1.68. The molecule has 0 bridgehead atoms. The van der Waals surface area contributed by atoms with Gasteiger partial charge in [-0.05, 0) is 36.4 Å². The summed E-state index contributed by atoms with van der Waals surface area (Å²) in [6.45, 7) is 0. The normalized spacial score (nSPS) is 11.7. The zero-order valence-electron chi connectivity index (χ0n) is 10.7. The van der Waals surface area contributed by atoms with Gasteiger partial charge in [0.15, 0.2) is 11.0 Å². The molecule has 0 aliphatic carbocycles. The predicted octanol–water partition coefficient (Wildman–Crippen LogP) is 2.37. The Balaban J connectivity index is 2.05. The lowest BCUT2D eigenvalue weighted by atomic mass is 10.3. The smallest absolute Gasteiger partial charge is 0.263 e. The minimum absolute atomic E-state index is 0.0835. The van der Waals surface area contributed by atoms with Crippen LogP contribution >= 0.6 is 11.6 Å². The Morgan fingerprint density at radius 3 is 2.57 bits per heavy atom. The topological polar surface area (TPSA) is 89.5 Å². The van der Waals surface area contributed by atoms with E-state index in [1.54, 1.807) is 28.8 Å². The summed E-state index contributed by atoms with van der Waals surface area (Å²) in [5.41, 5.74) is 6.60. The Morgan fingerprint density at radius 1 is 1.14 bits per heavy atom. The number of nitrogens with two attached hydrogens (primary N) is 1. The first-order valence-corrected chi connectivity index (χ1v) is 7.84. The summed E-state index contributed by atoms with van der Waals surface area (Å²) in [5, 5.41) is 0.0835. The molecule has 1 aromatic carbocycles. The van der Waals surface area contributed by atoms with Gasteiger partial charge in [-0.25, -0.2) is 13.4 Å². The second-order valence-corrected chi connectivity index (χ2v) is 6.40. The number of nitrogen functional groups attached to an aromatic ring is 1. The van der Waals surface area contributed by atoms with Gasteiger partial charge in [-0.2, -0.15) is 0 Å².